The van der Waals surface area contributed by atoms with Gasteiger partial charge < -0.3 is 21.1 Å². The molecule has 0 aromatic rings. The first-order chi connectivity index (χ1) is 7.27. The van der Waals surface area contributed by atoms with Crippen LogP contribution in [0.3, 0.4) is 0 Å². The van der Waals surface area contributed by atoms with E-state index < -0.39 is 0 Å². The SMILES string of the molecule is COC1CNC(C(=O)NCCCCN)C1. The van der Waals surface area contributed by atoms with E-state index in [9.17, 15) is 4.79 Å². The molecule has 0 aromatic heterocycles. The Hall–Kier alpha value is -0.650. The van der Waals surface area contributed by atoms with E-state index in [1.165, 1.54) is 0 Å². The zero-order valence-electron chi connectivity index (χ0n) is 9.29. The number of carbonyl (C=O) groups is 1. The largest absolute Gasteiger partial charge is 0.380 e. The number of ether oxygens (including phenoxy) is 1. The van der Waals surface area contributed by atoms with Crippen molar-refractivity contribution in [3.8, 4) is 0 Å². The summed E-state index contributed by atoms with van der Waals surface area (Å²) >= 11 is 0. The molecule has 1 saturated heterocycles. The summed E-state index contributed by atoms with van der Waals surface area (Å²) in [4.78, 5) is 11.6. The molecule has 0 spiro atoms. The maximum absolute atomic E-state index is 11.6. The third-order valence-electron chi connectivity index (χ3n) is 2.67. The van der Waals surface area contributed by atoms with Crippen LogP contribution in [0.2, 0.25) is 0 Å². The molecule has 1 fully saturated rings. The van der Waals surface area contributed by atoms with Gasteiger partial charge in [-0.3, -0.25) is 4.79 Å². The maximum atomic E-state index is 11.6. The summed E-state index contributed by atoms with van der Waals surface area (Å²) in [5.74, 6) is 0.0755. The smallest absolute Gasteiger partial charge is 0.237 e. The lowest BCUT2D eigenvalue weighted by Gasteiger charge is -2.10. The molecule has 15 heavy (non-hydrogen) atoms. The minimum Gasteiger partial charge on any atom is -0.380 e. The molecule has 0 aromatic carbocycles. The Morgan fingerprint density at radius 1 is 1.60 bits per heavy atom. The number of nitrogens with two attached hydrogens (primary N) is 1. The summed E-state index contributed by atoms with van der Waals surface area (Å²) in [5.41, 5.74) is 5.36. The second kappa shape index (κ2) is 6.76. The first-order valence-corrected chi connectivity index (χ1v) is 5.52. The molecule has 1 aliphatic rings. The number of hydrogen-bond acceptors (Lipinski definition) is 4. The molecule has 1 amide bonds. The third-order valence-corrected chi connectivity index (χ3v) is 2.67. The molecule has 2 atom stereocenters. The van der Waals surface area contributed by atoms with Gasteiger partial charge in [0.1, 0.15) is 0 Å². The molecule has 1 rings (SSSR count). The van der Waals surface area contributed by atoms with E-state index in [1.807, 2.05) is 0 Å². The average molecular weight is 215 g/mol. The van der Waals surface area contributed by atoms with Crippen LogP contribution < -0.4 is 16.4 Å². The summed E-state index contributed by atoms with van der Waals surface area (Å²) in [6, 6.07) is -0.0900. The van der Waals surface area contributed by atoms with Crippen molar-refractivity contribution >= 4 is 5.91 Å². The molecular formula is C10H21N3O2. The highest BCUT2D eigenvalue weighted by Gasteiger charge is 2.28. The lowest BCUT2D eigenvalue weighted by molar-refractivity contribution is -0.122. The van der Waals surface area contributed by atoms with E-state index in [0.717, 1.165) is 25.8 Å². The van der Waals surface area contributed by atoms with Crippen LogP contribution in [-0.2, 0) is 9.53 Å². The summed E-state index contributed by atoms with van der Waals surface area (Å²) in [6.45, 7) is 2.16. The minimum absolute atomic E-state index is 0.0755. The second-order valence-electron chi connectivity index (χ2n) is 3.84. The average Bonchev–Trinajstić information content (AvgIpc) is 2.72. The van der Waals surface area contributed by atoms with Crippen LogP contribution in [0.4, 0.5) is 0 Å². The van der Waals surface area contributed by atoms with Crippen LogP contribution in [0.1, 0.15) is 19.3 Å². The van der Waals surface area contributed by atoms with Gasteiger partial charge in [0.25, 0.3) is 0 Å². The molecule has 1 aliphatic heterocycles. The van der Waals surface area contributed by atoms with Crippen molar-refractivity contribution in [3.05, 3.63) is 0 Å². The monoisotopic (exact) mass is 215 g/mol. The zero-order chi connectivity index (χ0) is 11.1. The Bertz CT molecular complexity index is 199. The van der Waals surface area contributed by atoms with Crippen molar-refractivity contribution < 1.29 is 9.53 Å². The Morgan fingerprint density at radius 2 is 2.40 bits per heavy atom. The number of unbranched alkanes of at least 4 members (excludes halogenated alkanes) is 1. The van der Waals surface area contributed by atoms with Crippen LogP contribution in [0.15, 0.2) is 0 Å². The van der Waals surface area contributed by atoms with Gasteiger partial charge in [-0.05, 0) is 25.8 Å². The van der Waals surface area contributed by atoms with Crippen LogP contribution in [0.5, 0.6) is 0 Å². The van der Waals surface area contributed by atoms with Gasteiger partial charge in [-0.2, -0.15) is 0 Å². The fraction of sp³-hybridized carbons (Fsp3) is 0.900. The maximum Gasteiger partial charge on any atom is 0.237 e. The normalized spacial score (nSPS) is 25.5. The number of hydrogen-bond donors (Lipinski definition) is 3. The number of rotatable bonds is 6. The van der Waals surface area contributed by atoms with Gasteiger partial charge in [-0.1, -0.05) is 0 Å². The van der Waals surface area contributed by atoms with Crippen LogP contribution in [-0.4, -0.2) is 44.8 Å². The molecule has 0 saturated carbocycles. The molecule has 88 valence electrons. The first kappa shape index (κ1) is 12.4. The predicted octanol–water partition coefficient (Wildman–Crippen LogP) is -0.782. The topological polar surface area (TPSA) is 76.4 Å². The Labute approximate surface area is 90.7 Å². The van der Waals surface area contributed by atoms with E-state index in [4.69, 9.17) is 10.5 Å². The third kappa shape index (κ3) is 4.15. The molecular weight excluding hydrogens is 194 g/mol. The van der Waals surface area contributed by atoms with E-state index in [1.54, 1.807) is 7.11 Å². The number of nitrogens with one attached hydrogen (secondary N) is 2. The molecule has 5 heteroatoms. The van der Waals surface area contributed by atoms with Gasteiger partial charge in [-0.15, -0.1) is 0 Å². The number of carbonyl (C=O) groups excluding carboxylic acids is 1. The van der Waals surface area contributed by atoms with E-state index in [-0.39, 0.29) is 18.1 Å². The fourth-order valence-corrected chi connectivity index (χ4v) is 1.69. The quantitative estimate of drug-likeness (QED) is 0.508. The first-order valence-electron chi connectivity index (χ1n) is 5.52. The van der Waals surface area contributed by atoms with Gasteiger partial charge in [0, 0.05) is 20.2 Å². The molecule has 0 aliphatic carbocycles. The highest BCUT2D eigenvalue weighted by atomic mass is 16.5. The Kier molecular flexibility index (Phi) is 5.60. The lowest BCUT2D eigenvalue weighted by Crippen LogP contribution is -2.40. The predicted molar refractivity (Wildman–Crippen MR) is 58.5 cm³/mol. The lowest BCUT2D eigenvalue weighted by atomic mass is 10.2. The summed E-state index contributed by atoms with van der Waals surface area (Å²) in [6.07, 6.45) is 2.84. The van der Waals surface area contributed by atoms with E-state index in [0.29, 0.717) is 13.1 Å². The second-order valence-corrected chi connectivity index (χ2v) is 3.84. The van der Waals surface area contributed by atoms with E-state index in [2.05, 4.69) is 10.6 Å². The molecule has 2 unspecified atom stereocenters. The standard InChI is InChI=1S/C10H21N3O2/c1-15-8-6-9(13-7-8)10(14)12-5-3-2-4-11/h8-9,13H,2-7,11H2,1H3,(H,12,14). The summed E-state index contributed by atoms with van der Waals surface area (Å²) in [7, 11) is 1.67. The van der Waals surface area contributed by atoms with Crippen molar-refractivity contribution in [2.75, 3.05) is 26.7 Å². The molecule has 5 nitrogen and oxygen atoms in total. The molecule has 1 heterocycles. The van der Waals surface area contributed by atoms with Crippen LogP contribution >= 0.6 is 0 Å². The Morgan fingerprint density at radius 3 is 3.00 bits per heavy atom. The highest BCUT2D eigenvalue weighted by Crippen LogP contribution is 2.09. The minimum atomic E-state index is -0.0900. The fourth-order valence-electron chi connectivity index (χ4n) is 1.69. The van der Waals surface area contributed by atoms with Gasteiger partial charge in [0.2, 0.25) is 5.91 Å². The zero-order valence-corrected chi connectivity index (χ0v) is 9.29. The van der Waals surface area contributed by atoms with Crippen molar-refractivity contribution in [1.29, 1.82) is 0 Å². The van der Waals surface area contributed by atoms with Gasteiger partial charge in [0.15, 0.2) is 0 Å². The highest BCUT2D eigenvalue weighted by molar-refractivity contribution is 5.82. The summed E-state index contributed by atoms with van der Waals surface area (Å²) in [5, 5.41) is 6.03. The van der Waals surface area contributed by atoms with Gasteiger partial charge in [0.05, 0.1) is 12.1 Å². The van der Waals surface area contributed by atoms with Crippen LogP contribution in [0, 0.1) is 0 Å². The van der Waals surface area contributed by atoms with Gasteiger partial charge >= 0.3 is 0 Å². The van der Waals surface area contributed by atoms with Crippen LogP contribution in [0.25, 0.3) is 0 Å². The van der Waals surface area contributed by atoms with Gasteiger partial charge in [-0.25, -0.2) is 0 Å². The van der Waals surface area contributed by atoms with Crippen molar-refractivity contribution in [2.45, 2.75) is 31.4 Å². The number of amides is 1. The number of methoxy groups -OCH3 is 1. The molecule has 0 bridgehead atoms. The Balaban J connectivity index is 2.12. The summed E-state index contributed by atoms with van der Waals surface area (Å²) < 4.78 is 5.18. The molecule has 0 radical (unpaired) electrons. The molecule has 4 N–H and O–H groups in total. The van der Waals surface area contributed by atoms with Crippen molar-refractivity contribution in [1.82, 2.24) is 10.6 Å². The van der Waals surface area contributed by atoms with Crippen molar-refractivity contribution in [2.24, 2.45) is 5.73 Å². The van der Waals surface area contributed by atoms with E-state index >= 15 is 0 Å². The van der Waals surface area contributed by atoms with Crippen molar-refractivity contribution in [3.63, 3.8) is 0 Å².